The quantitative estimate of drug-likeness (QED) is 0.374. The van der Waals surface area contributed by atoms with Gasteiger partial charge in [0, 0.05) is 28.1 Å². The molecule has 0 bridgehead atoms. The van der Waals surface area contributed by atoms with E-state index in [1.807, 2.05) is 36.4 Å². The van der Waals surface area contributed by atoms with Crippen LogP contribution in [0.3, 0.4) is 0 Å². The van der Waals surface area contributed by atoms with Crippen molar-refractivity contribution < 1.29 is 22.7 Å². The van der Waals surface area contributed by atoms with Gasteiger partial charge in [0.2, 0.25) is 0 Å². The van der Waals surface area contributed by atoms with E-state index in [0.717, 1.165) is 29.8 Å². The van der Waals surface area contributed by atoms with Crippen molar-refractivity contribution in [3.63, 3.8) is 0 Å². The summed E-state index contributed by atoms with van der Waals surface area (Å²) in [6.45, 7) is 0.154. The zero-order valence-electron chi connectivity index (χ0n) is 17.7. The van der Waals surface area contributed by atoms with E-state index in [2.05, 4.69) is 5.32 Å². The highest BCUT2D eigenvalue weighted by Crippen LogP contribution is 2.26. The van der Waals surface area contributed by atoms with Crippen molar-refractivity contribution >= 4 is 16.8 Å². The summed E-state index contributed by atoms with van der Waals surface area (Å²) in [5, 5.41) is 3.74. The maximum absolute atomic E-state index is 14.4. The lowest BCUT2D eigenvalue weighted by molar-refractivity contribution is 0.0951. The van der Waals surface area contributed by atoms with Gasteiger partial charge in [-0.25, -0.2) is 13.2 Å². The van der Waals surface area contributed by atoms with Crippen LogP contribution >= 0.6 is 0 Å². The summed E-state index contributed by atoms with van der Waals surface area (Å²) in [5.41, 5.74) is 1.98. The van der Waals surface area contributed by atoms with Crippen LogP contribution in [0.4, 0.5) is 13.2 Å². The Hall–Kier alpha value is -3.74. The second kappa shape index (κ2) is 8.65. The van der Waals surface area contributed by atoms with Gasteiger partial charge >= 0.3 is 0 Å². The fourth-order valence-corrected chi connectivity index (χ4v) is 3.80. The highest BCUT2D eigenvalue weighted by molar-refractivity contribution is 5.98. The fraction of sp³-hybridized carbons (Fsp3) is 0.192. The van der Waals surface area contributed by atoms with Crippen molar-refractivity contribution in [3.8, 4) is 5.75 Å². The molecule has 1 N–H and O–H groups in total. The van der Waals surface area contributed by atoms with Gasteiger partial charge in [0.05, 0.1) is 12.2 Å². The second-order valence-corrected chi connectivity index (χ2v) is 8.18. The zero-order chi connectivity index (χ0) is 22.9. The topological polar surface area (TPSA) is 43.3 Å². The number of carbonyl (C=O) groups excluding carboxylic acids is 1. The van der Waals surface area contributed by atoms with Crippen LogP contribution < -0.4 is 10.1 Å². The zero-order valence-corrected chi connectivity index (χ0v) is 17.7. The number of nitrogens with zero attached hydrogens (tertiary/aromatic N) is 1. The van der Waals surface area contributed by atoms with Crippen LogP contribution in [-0.2, 0) is 13.2 Å². The molecule has 1 fully saturated rings. The van der Waals surface area contributed by atoms with Gasteiger partial charge in [-0.2, -0.15) is 0 Å². The molecule has 0 saturated heterocycles. The Morgan fingerprint density at radius 2 is 1.76 bits per heavy atom. The van der Waals surface area contributed by atoms with E-state index in [0.29, 0.717) is 17.0 Å². The molecule has 1 aromatic heterocycles. The first-order valence-electron chi connectivity index (χ1n) is 10.7. The average Bonchev–Trinajstić information content (AvgIpc) is 3.58. The van der Waals surface area contributed by atoms with E-state index in [1.165, 1.54) is 6.07 Å². The molecular formula is C26H21F3N2O2. The second-order valence-electron chi connectivity index (χ2n) is 8.18. The number of amides is 1. The van der Waals surface area contributed by atoms with Crippen LogP contribution in [0.1, 0.15) is 34.5 Å². The van der Waals surface area contributed by atoms with Crippen LogP contribution in [0.5, 0.6) is 5.75 Å². The summed E-state index contributed by atoms with van der Waals surface area (Å²) in [5.74, 6) is -3.41. The molecule has 1 amide bonds. The summed E-state index contributed by atoms with van der Waals surface area (Å²) in [4.78, 5) is 12.5. The molecule has 0 radical (unpaired) electrons. The maximum atomic E-state index is 14.4. The number of nitrogens with one attached hydrogen (secondary N) is 1. The molecule has 4 aromatic rings. The minimum absolute atomic E-state index is 0.0166. The molecule has 33 heavy (non-hydrogen) atoms. The van der Waals surface area contributed by atoms with Gasteiger partial charge in [-0.15, -0.1) is 0 Å². The number of halogens is 3. The molecule has 168 valence electrons. The van der Waals surface area contributed by atoms with Gasteiger partial charge in [0.1, 0.15) is 12.4 Å². The summed E-state index contributed by atoms with van der Waals surface area (Å²) in [7, 11) is 0. The molecule has 0 unspecified atom stereocenters. The normalized spacial score (nSPS) is 13.3. The third kappa shape index (κ3) is 4.44. The standard InChI is InChI=1S/C26H21F3N2O2/c27-22-10-6-17(24(28)25(22)29)14-31-20(15-33-21-4-2-1-3-5-21)13-18-12-16(7-11-23(18)31)26(32)30-19-8-9-19/h1-7,10-13,19H,8-9,14-15H2,(H,30,32). The largest absolute Gasteiger partial charge is 0.487 e. The van der Waals surface area contributed by atoms with E-state index >= 15 is 0 Å². The number of hydrogen-bond donors (Lipinski definition) is 1. The number of benzene rings is 3. The Kier molecular flexibility index (Phi) is 5.54. The van der Waals surface area contributed by atoms with Crippen molar-refractivity contribution in [1.29, 1.82) is 0 Å². The molecule has 7 heteroatoms. The van der Waals surface area contributed by atoms with Crippen LogP contribution in [0.2, 0.25) is 0 Å². The number of aromatic nitrogens is 1. The summed E-state index contributed by atoms with van der Waals surface area (Å²) in [6, 6.07) is 18.7. The predicted octanol–water partition coefficient (Wildman–Crippen LogP) is 5.58. The van der Waals surface area contributed by atoms with Crippen molar-refractivity contribution in [2.24, 2.45) is 0 Å². The van der Waals surface area contributed by atoms with Crippen molar-refractivity contribution in [2.45, 2.75) is 32.0 Å². The third-order valence-corrected chi connectivity index (χ3v) is 5.74. The molecular weight excluding hydrogens is 429 g/mol. The van der Waals surface area contributed by atoms with Crippen molar-refractivity contribution in [1.82, 2.24) is 9.88 Å². The Morgan fingerprint density at radius 1 is 0.970 bits per heavy atom. The van der Waals surface area contributed by atoms with Gasteiger partial charge in [0.25, 0.3) is 5.91 Å². The Balaban J connectivity index is 1.51. The molecule has 0 aliphatic heterocycles. The molecule has 0 spiro atoms. The molecule has 1 heterocycles. The van der Waals surface area contributed by atoms with Crippen molar-refractivity contribution in [2.75, 3.05) is 0 Å². The smallest absolute Gasteiger partial charge is 0.251 e. The van der Waals surface area contributed by atoms with E-state index in [1.54, 1.807) is 22.8 Å². The molecule has 5 rings (SSSR count). The summed E-state index contributed by atoms with van der Waals surface area (Å²) < 4.78 is 49.3. The minimum Gasteiger partial charge on any atom is -0.487 e. The molecule has 1 aliphatic rings. The average molecular weight is 450 g/mol. The number of para-hydroxylation sites is 1. The van der Waals surface area contributed by atoms with Gasteiger partial charge in [-0.3, -0.25) is 4.79 Å². The molecule has 3 aromatic carbocycles. The molecule has 1 saturated carbocycles. The molecule has 1 aliphatic carbocycles. The number of ether oxygens (including phenoxy) is 1. The van der Waals surface area contributed by atoms with Gasteiger partial charge in [-0.1, -0.05) is 24.3 Å². The summed E-state index contributed by atoms with van der Waals surface area (Å²) in [6.07, 6.45) is 1.98. The Labute approximate surface area is 188 Å². The molecule has 4 nitrogen and oxygen atoms in total. The highest BCUT2D eigenvalue weighted by Gasteiger charge is 2.24. The first kappa shape index (κ1) is 21.1. The third-order valence-electron chi connectivity index (χ3n) is 5.74. The lowest BCUT2D eigenvalue weighted by Gasteiger charge is -2.13. The number of hydrogen-bond acceptors (Lipinski definition) is 2. The minimum atomic E-state index is -1.50. The lowest BCUT2D eigenvalue weighted by Crippen LogP contribution is -2.25. The lowest BCUT2D eigenvalue weighted by atomic mass is 10.1. The van der Waals surface area contributed by atoms with Crippen LogP contribution in [0.15, 0.2) is 66.7 Å². The Morgan fingerprint density at radius 3 is 2.52 bits per heavy atom. The fourth-order valence-electron chi connectivity index (χ4n) is 3.80. The first-order chi connectivity index (χ1) is 16.0. The summed E-state index contributed by atoms with van der Waals surface area (Å²) >= 11 is 0. The number of fused-ring (bicyclic) bond motifs is 1. The number of carbonyl (C=O) groups is 1. The van der Waals surface area contributed by atoms with Gasteiger partial charge in [-0.05, 0) is 55.3 Å². The first-order valence-corrected chi connectivity index (χ1v) is 10.7. The predicted molar refractivity (Wildman–Crippen MR) is 119 cm³/mol. The molecule has 0 atom stereocenters. The van der Waals surface area contributed by atoms with E-state index < -0.39 is 17.5 Å². The highest BCUT2D eigenvalue weighted by atomic mass is 19.2. The van der Waals surface area contributed by atoms with E-state index in [4.69, 9.17) is 4.74 Å². The number of rotatable bonds is 7. The monoisotopic (exact) mass is 450 g/mol. The van der Waals surface area contributed by atoms with Gasteiger partial charge in [0.15, 0.2) is 17.5 Å². The SMILES string of the molecule is O=C(NC1CC1)c1ccc2c(c1)cc(COc1ccccc1)n2Cc1ccc(F)c(F)c1F. The van der Waals surface area contributed by atoms with Crippen LogP contribution in [0.25, 0.3) is 10.9 Å². The van der Waals surface area contributed by atoms with Crippen molar-refractivity contribution in [3.05, 3.63) is 101 Å². The van der Waals surface area contributed by atoms with Gasteiger partial charge < -0.3 is 14.6 Å². The van der Waals surface area contributed by atoms with Crippen LogP contribution in [0, 0.1) is 17.5 Å². The van der Waals surface area contributed by atoms with Crippen LogP contribution in [-0.4, -0.2) is 16.5 Å². The maximum Gasteiger partial charge on any atom is 0.251 e. The van der Waals surface area contributed by atoms with E-state index in [-0.39, 0.29) is 30.7 Å². The van der Waals surface area contributed by atoms with E-state index in [9.17, 15) is 18.0 Å². The Bertz CT molecular complexity index is 1330.